The highest BCUT2D eigenvalue weighted by Crippen LogP contribution is 2.49. The lowest BCUT2D eigenvalue weighted by Gasteiger charge is -2.17. The molecule has 98 valence electrons. The second kappa shape index (κ2) is 5.31. The van der Waals surface area contributed by atoms with Crippen molar-refractivity contribution in [3.8, 4) is 0 Å². The fourth-order valence-electron chi connectivity index (χ4n) is 2.04. The van der Waals surface area contributed by atoms with Crippen molar-refractivity contribution in [1.29, 1.82) is 0 Å². The maximum Gasteiger partial charge on any atom is 0.221 e. The third-order valence-electron chi connectivity index (χ3n) is 3.58. The van der Waals surface area contributed by atoms with E-state index in [0.29, 0.717) is 6.42 Å². The standard InChI is InChI=1S/C14H18FNOS/c1-10(11-2-4-12(15)5-3-11)16-13(17)8-14(9-18)6-7-14/h2-5,10,18H,6-9H2,1H3,(H,16,17). The second-order valence-corrected chi connectivity index (χ2v) is 5.49. The van der Waals surface area contributed by atoms with Crippen LogP contribution in [-0.2, 0) is 4.79 Å². The molecule has 0 bridgehead atoms. The number of halogens is 1. The molecule has 0 radical (unpaired) electrons. The second-order valence-electron chi connectivity index (χ2n) is 5.18. The highest BCUT2D eigenvalue weighted by atomic mass is 32.1. The van der Waals surface area contributed by atoms with E-state index in [1.807, 2.05) is 6.92 Å². The maximum absolute atomic E-state index is 12.8. The highest BCUT2D eigenvalue weighted by Gasteiger charge is 2.42. The normalized spacial score (nSPS) is 18.2. The van der Waals surface area contributed by atoms with Crippen LogP contribution in [0.3, 0.4) is 0 Å². The van der Waals surface area contributed by atoms with Gasteiger partial charge in [-0.1, -0.05) is 12.1 Å². The molecule has 1 aromatic carbocycles. The van der Waals surface area contributed by atoms with Crippen molar-refractivity contribution >= 4 is 18.5 Å². The summed E-state index contributed by atoms with van der Waals surface area (Å²) in [5.74, 6) is 0.563. The molecule has 4 heteroatoms. The predicted octanol–water partition coefficient (Wildman–Crippen LogP) is 3.10. The Morgan fingerprint density at radius 2 is 2.06 bits per heavy atom. The predicted molar refractivity (Wildman–Crippen MR) is 73.1 cm³/mol. The van der Waals surface area contributed by atoms with Gasteiger partial charge in [0.2, 0.25) is 5.91 Å². The summed E-state index contributed by atoms with van der Waals surface area (Å²) in [4.78, 5) is 11.9. The van der Waals surface area contributed by atoms with Gasteiger partial charge in [0.25, 0.3) is 0 Å². The molecule has 1 atom stereocenters. The first-order chi connectivity index (χ1) is 8.54. The Labute approximate surface area is 112 Å². The van der Waals surface area contributed by atoms with Crippen molar-refractivity contribution in [2.75, 3.05) is 5.75 Å². The number of nitrogens with one attached hydrogen (secondary N) is 1. The summed E-state index contributed by atoms with van der Waals surface area (Å²) in [5.41, 5.74) is 1.05. The van der Waals surface area contributed by atoms with Gasteiger partial charge in [0.1, 0.15) is 5.82 Å². The van der Waals surface area contributed by atoms with Crippen molar-refractivity contribution in [3.63, 3.8) is 0 Å². The monoisotopic (exact) mass is 267 g/mol. The molecule has 0 heterocycles. The molecule has 1 N–H and O–H groups in total. The molecule has 1 aliphatic carbocycles. The number of hydrogen-bond acceptors (Lipinski definition) is 2. The van der Waals surface area contributed by atoms with E-state index in [1.54, 1.807) is 12.1 Å². The van der Waals surface area contributed by atoms with Crippen LogP contribution >= 0.6 is 12.6 Å². The number of carbonyl (C=O) groups is 1. The number of rotatable bonds is 5. The van der Waals surface area contributed by atoms with Crippen LogP contribution in [0.5, 0.6) is 0 Å². The number of benzene rings is 1. The molecule has 18 heavy (non-hydrogen) atoms. The van der Waals surface area contributed by atoms with E-state index in [1.165, 1.54) is 12.1 Å². The maximum atomic E-state index is 12.8. The Hall–Kier alpha value is -1.03. The molecule has 0 saturated heterocycles. The van der Waals surface area contributed by atoms with Gasteiger partial charge in [-0.3, -0.25) is 4.79 Å². The van der Waals surface area contributed by atoms with Crippen LogP contribution in [-0.4, -0.2) is 11.7 Å². The quantitative estimate of drug-likeness (QED) is 0.789. The van der Waals surface area contributed by atoms with E-state index in [-0.39, 0.29) is 23.2 Å². The van der Waals surface area contributed by atoms with Crippen molar-refractivity contribution < 1.29 is 9.18 Å². The molecule has 1 aliphatic rings. The smallest absolute Gasteiger partial charge is 0.221 e. The van der Waals surface area contributed by atoms with Crippen LogP contribution in [0.1, 0.15) is 37.8 Å². The summed E-state index contributed by atoms with van der Waals surface area (Å²) in [5, 5.41) is 2.95. The van der Waals surface area contributed by atoms with Gasteiger partial charge in [0.05, 0.1) is 6.04 Å². The van der Waals surface area contributed by atoms with E-state index >= 15 is 0 Å². The van der Waals surface area contributed by atoms with Crippen LogP contribution < -0.4 is 5.32 Å². The fourth-order valence-corrected chi connectivity index (χ4v) is 2.46. The third kappa shape index (κ3) is 3.25. The summed E-state index contributed by atoms with van der Waals surface area (Å²) >= 11 is 4.29. The van der Waals surface area contributed by atoms with Crippen LogP contribution in [0.2, 0.25) is 0 Å². The molecule has 1 unspecified atom stereocenters. The molecule has 1 fully saturated rings. The summed E-state index contributed by atoms with van der Waals surface area (Å²) in [6.07, 6.45) is 2.73. The first-order valence-corrected chi connectivity index (χ1v) is 6.84. The van der Waals surface area contributed by atoms with Gasteiger partial charge in [0.15, 0.2) is 0 Å². The largest absolute Gasteiger partial charge is 0.350 e. The van der Waals surface area contributed by atoms with E-state index < -0.39 is 0 Å². The zero-order valence-corrected chi connectivity index (χ0v) is 11.3. The lowest BCUT2D eigenvalue weighted by atomic mass is 10.0. The Bertz CT molecular complexity index is 428. The van der Waals surface area contributed by atoms with Gasteiger partial charge < -0.3 is 5.32 Å². The van der Waals surface area contributed by atoms with Crippen molar-refractivity contribution in [1.82, 2.24) is 5.32 Å². The molecule has 0 spiro atoms. The molecular weight excluding hydrogens is 249 g/mol. The lowest BCUT2D eigenvalue weighted by molar-refractivity contribution is -0.122. The minimum Gasteiger partial charge on any atom is -0.350 e. The summed E-state index contributed by atoms with van der Waals surface area (Å²) in [6, 6.07) is 6.13. The van der Waals surface area contributed by atoms with Crippen molar-refractivity contribution in [2.45, 2.75) is 32.2 Å². The first-order valence-electron chi connectivity index (χ1n) is 6.20. The van der Waals surface area contributed by atoms with Crippen LogP contribution in [0.15, 0.2) is 24.3 Å². The molecule has 1 amide bonds. The average molecular weight is 267 g/mol. The third-order valence-corrected chi connectivity index (χ3v) is 4.25. The van der Waals surface area contributed by atoms with E-state index in [2.05, 4.69) is 17.9 Å². The number of hydrogen-bond donors (Lipinski definition) is 2. The zero-order chi connectivity index (χ0) is 13.2. The Morgan fingerprint density at radius 3 is 2.56 bits per heavy atom. The van der Waals surface area contributed by atoms with Crippen molar-refractivity contribution in [3.05, 3.63) is 35.6 Å². The summed E-state index contributed by atoms with van der Waals surface area (Å²) in [6.45, 7) is 1.91. The van der Waals surface area contributed by atoms with Gasteiger partial charge in [-0.2, -0.15) is 12.6 Å². The molecular formula is C14H18FNOS. The molecule has 2 nitrogen and oxygen atoms in total. The van der Waals surface area contributed by atoms with E-state index in [4.69, 9.17) is 0 Å². The number of amides is 1. The van der Waals surface area contributed by atoms with Crippen LogP contribution in [0.4, 0.5) is 4.39 Å². The van der Waals surface area contributed by atoms with Crippen molar-refractivity contribution in [2.24, 2.45) is 5.41 Å². The van der Waals surface area contributed by atoms with Gasteiger partial charge in [0, 0.05) is 6.42 Å². The van der Waals surface area contributed by atoms with Crippen LogP contribution in [0, 0.1) is 11.2 Å². The van der Waals surface area contributed by atoms with Crippen LogP contribution in [0.25, 0.3) is 0 Å². The number of thiol groups is 1. The summed E-state index contributed by atoms with van der Waals surface area (Å²) < 4.78 is 12.8. The Kier molecular flexibility index (Phi) is 3.95. The highest BCUT2D eigenvalue weighted by molar-refractivity contribution is 7.80. The zero-order valence-electron chi connectivity index (χ0n) is 10.4. The summed E-state index contributed by atoms with van der Waals surface area (Å²) in [7, 11) is 0. The minimum atomic E-state index is -0.260. The van der Waals surface area contributed by atoms with E-state index in [9.17, 15) is 9.18 Å². The fraction of sp³-hybridized carbons (Fsp3) is 0.500. The van der Waals surface area contributed by atoms with Gasteiger partial charge in [-0.25, -0.2) is 4.39 Å². The Morgan fingerprint density at radius 1 is 1.44 bits per heavy atom. The minimum absolute atomic E-state index is 0.0541. The molecule has 0 aromatic heterocycles. The topological polar surface area (TPSA) is 29.1 Å². The SMILES string of the molecule is CC(NC(=O)CC1(CS)CC1)c1ccc(F)cc1. The first kappa shape index (κ1) is 13.4. The lowest BCUT2D eigenvalue weighted by Crippen LogP contribution is -2.29. The molecule has 1 aromatic rings. The molecule has 1 saturated carbocycles. The van der Waals surface area contributed by atoms with E-state index in [0.717, 1.165) is 24.2 Å². The Balaban J connectivity index is 1.89. The average Bonchev–Trinajstić information content (AvgIpc) is 3.10. The van der Waals surface area contributed by atoms with Gasteiger partial charge in [-0.05, 0) is 48.6 Å². The number of carbonyl (C=O) groups excluding carboxylic acids is 1. The van der Waals surface area contributed by atoms with Gasteiger partial charge >= 0.3 is 0 Å². The molecule has 2 rings (SSSR count). The van der Waals surface area contributed by atoms with Gasteiger partial charge in [-0.15, -0.1) is 0 Å². The molecule has 0 aliphatic heterocycles.